The van der Waals surface area contributed by atoms with Crippen molar-refractivity contribution >= 4 is 5.91 Å². The molecule has 1 amide bonds. The number of nitrogens with two attached hydrogens (primary N) is 1. The van der Waals surface area contributed by atoms with Crippen molar-refractivity contribution in [2.45, 2.75) is 6.92 Å². The van der Waals surface area contributed by atoms with Gasteiger partial charge in [0, 0.05) is 5.56 Å². The van der Waals surface area contributed by atoms with E-state index in [0.29, 0.717) is 5.56 Å². The topological polar surface area (TPSA) is 52.3 Å². The van der Waals surface area contributed by atoms with Gasteiger partial charge in [-0.05, 0) is 47.9 Å². The van der Waals surface area contributed by atoms with E-state index in [1.807, 2.05) is 37.3 Å². The van der Waals surface area contributed by atoms with Crippen molar-refractivity contribution in [2.75, 3.05) is 7.11 Å². The molecule has 0 fully saturated rings. The van der Waals surface area contributed by atoms with Gasteiger partial charge in [0.2, 0.25) is 5.91 Å². The van der Waals surface area contributed by atoms with Crippen LogP contribution in [0.15, 0.2) is 42.5 Å². The smallest absolute Gasteiger partial charge is 0.248 e. The molecule has 0 aliphatic carbocycles. The summed E-state index contributed by atoms with van der Waals surface area (Å²) in [5.41, 5.74) is 9.01. The fraction of sp³-hybridized carbons (Fsp3) is 0.133. The molecule has 3 nitrogen and oxygen atoms in total. The summed E-state index contributed by atoms with van der Waals surface area (Å²) in [5, 5.41) is 0. The van der Waals surface area contributed by atoms with E-state index in [0.717, 1.165) is 22.4 Å². The van der Waals surface area contributed by atoms with E-state index in [9.17, 15) is 4.79 Å². The molecule has 0 aliphatic heterocycles. The number of carbonyl (C=O) groups excluding carboxylic acids is 1. The second-order valence-electron chi connectivity index (χ2n) is 4.12. The molecule has 0 saturated carbocycles. The molecule has 0 spiro atoms. The quantitative estimate of drug-likeness (QED) is 0.898. The molecule has 2 rings (SSSR count). The summed E-state index contributed by atoms with van der Waals surface area (Å²) in [7, 11) is 1.64. The largest absolute Gasteiger partial charge is 0.497 e. The van der Waals surface area contributed by atoms with Crippen molar-refractivity contribution in [3.63, 3.8) is 0 Å². The lowest BCUT2D eigenvalue weighted by atomic mass is 9.99. The maximum Gasteiger partial charge on any atom is 0.248 e. The van der Waals surface area contributed by atoms with E-state index in [1.54, 1.807) is 19.2 Å². The van der Waals surface area contributed by atoms with E-state index in [2.05, 4.69) is 0 Å². The van der Waals surface area contributed by atoms with Crippen LogP contribution in [0.1, 0.15) is 15.9 Å². The van der Waals surface area contributed by atoms with E-state index < -0.39 is 5.91 Å². The first-order valence-corrected chi connectivity index (χ1v) is 5.66. The number of methoxy groups -OCH3 is 1. The van der Waals surface area contributed by atoms with Crippen LogP contribution in [0, 0.1) is 6.92 Å². The standard InChI is InChI=1S/C15H15NO2/c1-10-3-8-13(18-2)9-14(10)11-4-6-12(7-5-11)15(16)17/h3-9H,1-2H3,(H2,16,17). The van der Waals surface area contributed by atoms with Gasteiger partial charge in [0.25, 0.3) is 0 Å². The minimum Gasteiger partial charge on any atom is -0.497 e. The molecule has 3 heteroatoms. The molecule has 2 N–H and O–H groups in total. The van der Waals surface area contributed by atoms with Gasteiger partial charge in [-0.1, -0.05) is 18.2 Å². The number of rotatable bonds is 3. The summed E-state index contributed by atoms with van der Waals surface area (Å²) in [4.78, 5) is 11.0. The lowest BCUT2D eigenvalue weighted by Crippen LogP contribution is -2.10. The Labute approximate surface area is 106 Å². The number of benzene rings is 2. The van der Waals surface area contributed by atoms with Crippen LogP contribution in [0.3, 0.4) is 0 Å². The average molecular weight is 241 g/mol. The molecule has 2 aromatic carbocycles. The Morgan fingerprint density at radius 1 is 1.11 bits per heavy atom. The fourth-order valence-corrected chi connectivity index (χ4v) is 1.85. The Morgan fingerprint density at radius 3 is 2.33 bits per heavy atom. The van der Waals surface area contributed by atoms with Crippen LogP contribution < -0.4 is 10.5 Å². The molecule has 0 bridgehead atoms. The maximum atomic E-state index is 11.0. The van der Waals surface area contributed by atoms with Gasteiger partial charge in [0.05, 0.1) is 7.11 Å². The maximum absolute atomic E-state index is 11.0. The number of amides is 1. The van der Waals surface area contributed by atoms with Gasteiger partial charge in [0.1, 0.15) is 5.75 Å². The number of primary amides is 1. The predicted molar refractivity (Wildman–Crippen MR) is 71.7 cm³/mol. The molecule has 92 valence electrons. The highest BCUT2D eigenvalue weighted by Crippen LogP contribution is 2.27. The lowest BCUT2D eigenvalue weighted by molar-refractivity contribution is 0.100. The minimum atomic E-state index is -0.413. The van der Waals surface area contributed by atoms with Crippen molar-refractivity contribution in [3.8, 4) is 16.9 Å². The van der Waals surface area contributed by atoms with Crippen LogP contribution in [0.4, 0.5) is 0 Å². The van der Waals surface area contributed by atoms with E-state index in [1.165, 1.54) is 0 Å². The molecular weight excluding hydrogens is 226 g/mol. The van der Waals surface area contributed by atoms with Gasteiger partial charge in [-0.15, -0.1) is 0 Å². The van der Waals surface area contributed by atoms with Gasteiger partial charge < -0.3 is 10.5 Å². The highest BCUT2D eigenvalue weighted by Gasteiger charge is 2.05. The van der Waals surface area contributed by atoms with Gasteiger partial charge in [-0.25, -0.2) is 0 Å². The molecule has 0 atom stereocenters. The third kappa shape index (κ3) is 2.35. The van der Waals surface area contributed by atoms with Crippen LogP contribution in [0.25, 0.3) is 11.1 Å². The Bertz CT molecular complexity index is 574. The molecule has 0 heterocycles. The van der Waals surface area contributed by atoms with E-state index in [-0.39, 0.29) is 0 Å². The summed E-state index contributed by atoms with van der Waals surface area (Å²) < 4.78 is 5.22. The first kappa shape index (κ1) is 12.2. The van der Waals surface area contributed by atoms with Crippen LogP contribution >= 0.6 is 0 Å². The third-order valence-corrected chi connectivity index (χ3v) is 2.93. The number of hydrogen-bond donors (Lipinski definition) is 1. The van der Waals surface area contributed by atoms with Crippen molar-refractivity contribution in [1.82, 2.24) is 0 Å². The van der Waals surface area contributed by atoms with E-state index in [4.69, 9.17) is 10.5 Å². The molecule has 18 heavy (non-hydrogen) atoms. The molecule has 0 aliphatic rings. The molecule has 2 aromatic rings. The van der Waals surface area contributed by atoms with E-state index >= 15 is 0 Å². The Morgan fingerprint density at radius 2 is 1.78 bits per heavy atom. The summed E-state index contributed by atoms with van der Waals surface area (Å²) in [5.74, 6) is 0.401. The average Bonchev–Trinajstić information content (AvgIpc) is 2.39. The third-order valence-electron chi connectivity index (χ3n) is 2.93. The zero-order chi connectivity index (χ0) is 13.1. The number of carbonyl (C=O) groups is 1. The monoisotopic (exact) mass is 241 g/mol. The van der Waals surface area contributed by atoms with Crippen LogP contribution in [0.5, 0.6) is 5.75 Å². The number of hydrogen-bond acceptors (Lipinski definition) is 2. The zero-order valence-electron chi connectivity index (χ0n) is 10.4. The second kappa shape index (κ2) is 4.92. The van der Waals surface area contributed by atoms with Crippen molar-refractivity contribution in [2.24, 2.45) is 5.73 Å². The zero-order valence-corrected chi connectivity index (χ0v) is 10.4. The SMILES string of the molecule is COc1ccc(C)c(-c2ccc(C(N)=O)cc2)c1. The Kier molecular flexibility index (Phi) is 3.33. The first-order chi connectivity index (χ1) is 8.61. The molecule has 0 aromatic heterocycles. The second-order valence-corrected chi connectivity index (χ2v) is 4.12. The lowest BCUT2D eigenvalue weighted by Gasteiger charge is -2.09. The summed E-state index contributed by atoms with van der Waals surface area (Å²) in [6.07, 6.45) is 0. The number of ether oxygens (including phenoxy) is 1. The fourth-order valence-electron chi connectivity index (χ4n) is 1.85. The highest BCUT2D eigenvalue weighted by molar-refractivity contribution is 5.93. The van der Waals surface area contributed by atoms with Crippen molar-refractivity contribution in [3.05, 3.63) is 53.6 Å². The van der Waals surface area contributed by atoms with Crippen LogP contribution in [-0.2, 0) is 0 Å². The molecular formula is C15H15NO2. The molecule has 0 unspecified atom stereocenters. The van der Waals surface area contributed by atoms with Gasteiger partial charge in [0.15, 0.2) is 0 Å². The normalized spacial score (nSPS) is 10.1. The molecule has 0 saturated heterocycles. The molecule has 0 radical (unpaired) electrons. The Hall–Kier alpha value is -2.29. The minimum absolute atomic E-state index is 0.413. The summed E-state index contributed by atoms with van der Waals surface area (Å²) in [6.45, 7) is 2.04. The van der Waals surface area contributed by atoms with Gasteiger partial charge in [-0.3, -0.25) is 4.79 Å². The highest BCUT2D eigenvalue weighted by atomic mass is 16.5. The van der Waals surface area contributed by atoms with Gasteiger partial charge in [-0.2, -0.15) is 0 Å². The van der Waals surface area contributed by atoms with Crippen LogP contribution in [0.2, 0.25) is 0 Å². The van der Waals surface area contributed by atoms with Crippen LogP contribution in [-0.4, -0.2) is 13.0 Å². The first-order valence-electron chi connectivity index (χ1n) is 5.66. The Balaban J connectivity index is 2.44. The number of aryl methyl sites for hydroxylation is 1. The summed E-state index contributed by atoms with van der Waals surface area (Å²) >= 11 is 0. The van der Waals surface area contributed by atoms with Crippen molar-refractivity contribution < 1.29 is 9.53 Å². The van der Waals surface area contributed by atoms with Crippen molar-refractivity contribution in [1.29, 1.82) is 0 Å². The van der Waals surface area contributed by atoms with Gasteiger partial charge >= 0.3 is 0 Å². The predicted octanol–water partition coefficient (Wildman–Crippen LogP) is 2.77. The summed E-state index contributed by atoms with van der Waals surface area (Å²) in [6, 6.07) is 13.2.